The van der Waals surface area contributed by atoms with Gasteiger partial charge in [0.25, 0.3) is 0 Å². The molecule has 1 saturated carbocycles. The van der Waals surface area contributed by atoms with Crippen molar-refractivity contribution in [2.75, 3.05) is 29.5 Å². The Balaban J connectivity index is 1.62. The topological polar surface area (TPSA) is 116 Å². The molecule has 0 unspecified atom stereocenters. The van der Waals surface area contributed by atoms with E-state index in [9.17, 15) is 4.79 Å². The van der Waals surface area contributed by atoms with Crippen LogP contribution in [0.25, 0.3) is 0 Å². The van der Waals surface area contributed by atoms with E-state index in [-0.39, 0.29) is 11.6 Å². The molecule has 1 aliphatic heterocycles. The van der Waals surface area contributed by atoms with E-state index in [2.05, 4.69) is 27.5 Å². The number of anilines is 3. The number of hydrogen-bond acceptors (Lipinski definition) is 6. The van der Waals surface area contributed by atoms with Crippen molar-refractivity contribution in [3.05, 3.63) is 6.20 Å². The zero-order valence-corrected chi connectivity index (χ0v) is 13.4. The lowest BCUT2D eigenvalue weighted by atomic mass is 9.79. The Hall–Kier alpha value is -2.25. The molecule has 0 radical (unpaired) electrons. The first-order valence-electron chi connectivity index (χ1n) is 8.10. The number of rotatable bonds is 4. The Bertz CT molecular complexity index is 581. The van der Waals surface area contributed by atoms with Gasteiger partial charge in [-0.15, -0.1) is 0 Å². The summed E-state index contributed by atoms with van der Waals surface area (Å²) in [5, 5.41) is 15.7. The second-order valence-electron chi connectivity index (χ2n) is 6.73. The van der Waals surface area contributed by atoms with Gasteiger partial charge in [-0.05, 0) is 39.0 Å². The first kappa shape index (κ1) is 15.6. The molecule has 2 fully saturated rings. The number of nitrogens with one attached hydrogen (secondary N) is 2. The SMILES string of the molecule is CC1(Nc2ncc(N)c(NC3CCN(C(=O)O)CC3)n2)CCC1. The summed E-state index contributed by atoms with van der Waals surface area (Å²) in [5.74, 6) is 1.21. The van der Waals surface area contributed by atoms with Gasteiger partial charge in [-0.25, -0.2) is 9.78 Å². The van der Waals surface area contributed by atoms with E-state index in [0.717, 1.165) is 25.7 Å². The highest BCUT2D eigenvalue weighted by atomic mass is 16.4. The third kappa shape index (κ3) is 3.57. The summed E-state index contributed by atoms with van der Waals surface area (Å²) in [6.07, 6.45) is 5.73. The number of nitrogens with two attached hydrogens (primary N) is 1. The molecular weight excluding hydrogens is 296 g/mol. The first-order chi connectivity index (χ1) is 11.0. The molecular formula is C15H24N6O2. The Morgan fingerprint density at radius 1 is 1.43 bits per heavy atom. The first-order valence-corrected chi connectivity index (χ1v) is 8.10. The van der Waals surface area contributed by atoms with Gasteiger partial charge in [-0.2, -0.15) is 4.98 Å². The number of aromatic nitrogens is 2. The number of hydrogen-bond donors (Lipinski definition) is 4. The maximum atomic E-state index is 10.9. The molecule has 2 heterocycles. The molecule has 1 saturated heterocycles. The summed E-state index contributed by atoms with van der Waals surface area (Å²) < 4.78 is 0. The Morgan fingerprint density at radius 3 is 2.70 bits per heavy atom. The molecule has 1 amide bonds. The van der Waals surface area contributed by atoms with Crippen molar-refractivity contribution in [3.63, 3.8) is 0 Å². The van der Waals surface area contributed by atoms with Gasteiger partial charge in [0.15, 0.2) is 5.82 Å². The minimum Gasteiger partial charge on any atom is -0.465 e. The highest BCUT2D eigenvalue weighted by Gasteiger charge is 2.32. The fourth-order valence-electron chi connectivity index (χ4n) is 3.08. The lowest BCUT2D eigenvalue weighted by Gasteiger charge is -2.39. The number of carboxylic acid groups (broad SMARTS) is 1. The standard InChI is InChI=1S/C15H24N6O2/c1-15(5-2-6-15)20-13-17-9-11(16)12(19-13)18-10-3-7-21(8-4-10)14(22)23/h9-10H,2-8,16H2,1H3,(H,22,23)(H2,17,18,19,20). The molecule has 126 valence electrons. The monoisotopic (exact) mass is 320 g/mol. The highest BCUT2D eigenvalue weighted by Crippen LogP contribution is 2.34. The zero-order chi connectivity index (χ0) is 16.4. The molecule has 0 spiro atoms. The molecule has 0 bridgehead atoms. The third-order valence-corrected chi connectivity index (χ3v) is 4.79. The second kappa shape index (κ2) is 6.10. The molecule has 0 aromatic carbocycles. The van der Waals surface area contributed by atoms with Crippen molar-refractivity contribution in [3.8, 4) is 0 Å². The number of nitrogen functional groups attached to an aromatic ring is 1. The summed E-state index contributed by atoms with van der Waals surface area (Å²) in [4.78, 5) is 21.1. The molecule has 3 rings (SSSR count). The van der Waals surface area contributed by atoms with Crippen LogP contribution in [0, 0.1) is 0 Å². The van der Waals surface area contributed by atoms with Crippen LogP contribution in [0.15, 0.2) is 6.20 Å². The van der Waals surface area contributed by atoms with Crippen molar-refractivity contribution in [2.45, 2.75) is 50.6 Å². The number of carbonyl (C=O) groups is 1. The van der Waals surface area contributed by atoms with Gasteiger partial charge in [-0.1, -0.05) is 0 Å². The van der Waals surface area contributed by atoms with E-state index in [4.69, 9.17) is 10.8 Å². The third-order valence-electron chi connectivity index (χ3n) is 4.79. The van der Waals surface area contributed by atoms with Gasteiger partial charge >= 0.3 is 6.09 Å². The van der Waals surface area contributed by atoms with Gasteiger partial charge in [-0.3, -0.25) is 0 Å². The van der Waals surface area contributed by atoms with Gasteiger partial charge in [0.2, 0.25) is 5.95 Å². The predicted octanol–water partition coefficient (Wildman–Crippen LogP) is 1.97. The van der Waals surface area contributed by atoms with Crippen LogP contribution in [-0.4, -0.2) is 50.7 Å². The van der Waals surface area contributed by atoms with Crippen molar-refractivity contribution in [2.24, 2.45) is 0 Å². The average molecular weight is 320 g/mol. The molecule has 1 aromatic rings. The minimum atomic E-state index is -0.856. The van der Waals surface area contributed by atoms with Crippen molar-refractivity contribution < 1.29 is 9.90 Å². The van der Waals surface area contributed by atoms with Crippen LogP contribution in [0.2, 0.25) is 0 Å². The number of likely N-dealkylation sites (tertiary alicyclic amines) is 1. The van der Waals surface area contributed by atoms with Gasteiger partial charge < -0.3 is 26.4 Å². The summed E-state index contributed by atoms with van der Waals surface area (Å²) in [6.45, 7) is 3.23. The molecule has 1 aliphatic carbocycles. The second-order valence-corrected chi connectivity index (χ2v) is 6.73. The molecule has 5 N–H and O–H groups in total. The summed E-state index contributed by atoms with van der Waals surface area (Å²) >= 11 is 0. The normalized spacial score (nSPS) is 20.7. The van der Waals surface area contributed by atoms with Gasteiger partial charge in [0.05, 0.1) is 11.9 Å². The lowest BCUT2D eigenvalue weighted by molar-refractivity contribution is 0.134. The maximum absolute atomic E-state index is 10.9. The number of piperidine rings is 1. The number of amides is 1. The fourth-order valence-corrected chi connectivity index (χ4v) is 3.08. The van der Waals surface area contributed by atoms with Crippen LogP contribution >= 0.6 is 0 Å². The van der Waals surface area contributed by atoms with Crippen LogP contribution < -0.4 is 16.4 Å². The zero-order valence-electron chi connectivity index (χ0n) is 13.4. The smallest absolute Gasteiger partial charge is 0.407 e. The molecule has 1 aromatic heterocycles. The molecule has 8 nitrogen and oxygen atoms in total. The quantitative estimate of drug-likeness (QED) is 0.670. The molecule has 0 atom stereocenters. The van der Waals surface area contributed by atoms with Gasteiger partial charge in [0.1, 0.15) is 0 Å². The van der Waals surface area contributed by atoms with E-state index >= 15 is 0 Å². The van der Waals surface area contributed by atoms with E-state index < -0.39 is 6.09 Å². The van der Waals surface area contributed by atoms with Crippen LogP contribution in [0.5, 0.6) is 0 Å². The van der Waals surface area contributed by atoms with Crippen molar-refractivity contribution in [1.82, 2.24) is 14.9 Å². The summed E-state index contributed by atoms with van der Waals surface area (Å²) in [7, 11) is 0. The fraction of sp³-hybridized carbons (Fsp3) is 0.667. The summed E-state index contributed by atoms with van der Waals surface area (Å²) in [5.41, 5.74) is 6.57. The van der Waals surface area contributed by atoms with E-state index in [1.54, 1.807) is 6.20 Å². The van der Waals surface area contributed by atoms with Crippen molar-refractivity contribution in [1.29, 1.82) is 0 Å². The predicted molar refractivity (Wildman–Crippen MR) is 88.6 cm³/mol. The summed E-state index contributed by atoms with van der Waals surface area (Å²) in [6, 6.07) is 0.176. The van der Waals surface area contributed by atoms with Crippen LogP contribution in [-0.2, 0) is 0 Å². The lowest BCUT2D eigenvalue weighted by Crippen LogP contribution is -2.42. The molecule has 23 heavy (non-hydrogen) atoms. The Labute approximate surface area is 135 Å². The van der Waals surface area contributed by atoms with Crippen LogP contribution in [0.3, 0.4) is 0 Å². The Kier molecular flexibility index (Phi) is 4.14. The molecule has 2 aliphatic rings. The van der Waals surface area contributed by atoms with Crippen LogP contribution in [0.1, 0.15) is 39.0 Å². The maximum Gasteiger partial charge on any atom is 0.407 e. The average Bonchev–Trinajstić information content (AvgIpc) is 2.49. The highest BCUT2D eigenvalue weighted by molar-refractivity contribution is 5.65. The largest absolute Gasteiger partial charge is 0.465 e. The van der Waals surface area contributed by atoms with Crippen LogP contribution in [0.4, 0.5) is 22.2 Å². The Morgan fingerprint density at radius 2 is 2.13 bits per heavy atom. The number of nitrogens with zero attached hydrogens (tertiary/aromatic N) is 3. The minimum absolute atomic E-state index is 0.0835. The van der Waals surface area contributed by atoms with E-state index in [1.165, 1.54) is 11.3 Å². The van der Waals surface area contributed by atoms with E-state index in [0.29, 0.717) is 30.5 Å². The van der Waals surface area contributed by atoms with Crippen molar-refractivity contribution >= 4 is 23.5 Å². The molecule has 8 heteroatoms. The van der Waals surface area contributed by atoms with Gasteiger partial charge in [0, 0.05) is 24.7 Å². The van der Waals surface area contributed by atoms with E-state index in [1.807, 2.05) is 0 Å².